The molecule has 0 aliphatic rings. The summed E-state index contributed by atoms with van der Waals surface area (Å²) in [6.07, 6.45) is 2.26. The highest BCUT2D eigenvalue weighted by atomic mass is 16.7. The number of hydrogen-bond donors (Lipinski definition) is 1. The molecule has 0 rings (SSSR count). The van der Waals surface area contributed by atoms with Crippen LogP contribution in [-0.2, 0) is 19.0 Å². The molecule has 2 atom stereocenters. The van der Waals surface area contributed by atoms with Gasteiger partial charge >= 0.3 is 5.97 Å². The monoisotopic (exact) mass is 264 g/mol. The van der Waals surface area contributed by atoms with Crippen molar-refractivity contribution in [3.05, 3.63) is 0 Å². The van der Waals surface area contributed by atoms with E-state index in [0.717, 1.165) is 12.8 Å². The van der Waals surface area contributed by atoms with Crippen molar-refractivity contribution in [2.24, 2.45) is 0 Å². The summed E-state index contributed by atoms with van der Waals surface area (Å²) in [6.45, 7) is 9.92. The van der Waals surface area contributed by atoms with E-state index in [9.17, 15) is 4.79 Å². The number of unbranched alkanes of at least 4 members (excludes halogenated alkanes) is 2. The lowest BCUT2D eigenvalue weighted by Gasteiger charge is -2.13. The lowest BCUT2D eigenvalue weighted by molar-refractivity contribution is -0.211. The number of aliphatic hydroxyl groups is 1. The van der Waals surface area contributed by atoms with Gasteiger partial charge in [-0.1, -0.05) is 19.8 Å². The van der Waals surface area contributed by atoms with E-state index in [0.29, 0.717) is 13.2 Å². The van der Waals surface area contributed by atoms with Crippen LogP contribution in [0.2, 0.25) is 0 Å². The molecule has 2 unspecified atom stereocenters. The normalized spacial score (nSPS) is 13.2. The van der Waals surface area contributed by atoms with Gasteiger partial charge in [-0.05, 0) is 27.2 Å². The van der Waals surface area contributed by atoms with Gasteiger partial charge < -0.3 is 19.3 Å². The van der Waals surface area contributed by atoms with Gasteiger partial charge in [-0.3, -0.25) is 4.79 Å². The van der Waals surface area contributed by atoms with Gasteiger partial charge in [0.1, 0.15) is 0 Å². The molecule has 5 nitrogen and oxygen atoms in total. The first-order chi connectivity index (χ1) is 8.43. The topological polar surface area (TPSA) is 65.0 Å². The highest BCUT2D eigenvalue weighted by molar-refractivity contribution is 5.65. The van der Waals surface area contributed by atoms with E-state index < -0.39 is 6.29 Å². The first-order valence-corrected chi connectivity index (χ1v) is 6.52. The molecule has 0 radical (unpaired) electrons. The molecule has 0 spiro atoms. The molecule has 0 fully saturated rings. The summed E-state index contributed by atoms with van der Waals surface area (Å²) >= 11 is 0. The fourth-order valence-corrected chi connectivity index (χ4v) is 1.12. The van der Waals surface area contributed by atoms with Gasteiger partial charge in [0.05, 0.1) is 6.61 Å². The van der Waals surface area contributed by atoms with Crippen molar-refractivity contribution in [3.63, 3.8) is 0 Å². The summed E-state index contributed by atoms with van der Waals surface area (Å²) in [5.74, 6) is -0.175. The van der Waals surface area contributed by atoms with E-state index in [-0.39, 0.29) is 12.3 Å². The highest BCUT2D eigenvalue weighted by Gasteiger charge is 2.02. The van der Waals surface area contributed by atoms with Crippen molar-refractivity contribution in [2.75, 3.05) is 13.2 Å². The Labute approximate surface area is 110 Å². The van der Waals surface area contributed by atoms with E-state index in [1.165, 1.54) is 13.3 Å². The molecule has 1 N–H and O–H groups in total. The Bertz CT molecular complexity index is 182. The third-order valence-corrected chi connectivity index (χ3v) is 1.84. The van der Waals surface area contributed by atoms with Crippen LogP contribution in [0.1, 0.15) is 53.9 Å². The number of aliphatic hydroxyl groups excluding tert-OH is 1. The molecule has 0 aromatic carbocycles. The molecule has 0 heterocycles. The fourth-order valence-electron chi connectivity index (χ4n) is 1.12. The van der Waals surface area contributed by atoms with E-state index >= 15 is 0 Å². The Morgan fingerprint density at radius 3 is 2.22 bits per heavy atom. The van der Waals surface area contributed by atoms with Crippen LogP contribution in [0.4, 0.5) is 0 Å². The second kappa shape index (κ2) is 14.4. The van der Waals surface area contributed by atoms with Gasteiger partial charge in [-0.25, -0.2) is 0 Å². The van der Waals surface area contributed by atoms with Gasteiger partial charge in [0.2, 0.25) is 0 Å². The van der Waals surface area contributed by atoms with Crippen molar-refractivity contribution >= 4 is 5.97 Å². The Kier molecular flexibility index (Phi) is 15.8. The zero-order chi connectivity index (χ0) is 14.4. The summed E-state index contributed by atoms with van der Waals surface area (Å²) in [5.41, 5.74) is 0. The molecule has 0 aromatic heterocycles. The van der Waals surface area contributed by atoms with Crippen LogP contribution in [-0.4, -0.2) is 36.9 Å². The van der Waals surface area contributed by atoms with Crippen LogP contribution < -0.4 is 0 Å². The van der Waals surface area contributed by atoms with E-state index in [4.69, 9.17) is 19.3 Å². The SMILES string of the molecule is CCCCCOC(C)=O.CCOC(C)OC(C)O. The maximum absolute atomic E-state index is 10.2. The fraction of sp³-hybridized carbons (Fsp3) is 0.923. The third-order valence-electron chi connectivity index (χ3n) is 1.84. The number of carbonyl (C=O) groups is 1. The predicted octanol–water partition coefficient (Wildman–Crippen LogP) is 2.46. The van der Waals surface area contributed by atoms with Crippen LogP contribution in [0.25, 0.3) is 0 Å². The predicted molar refractivity (Wildman–Crippen MR) is 70.0 cm³/mol. The summed E-state index contributed by atoms with van der Waals surface area (Å²) in [6, 6.07) is 0. The molecule has 5 heteroatoms. The van der Waals surface area contributed by atoms with E-state index in [2.05, 4.69) is 6.92 Å². The summed E-state index contributed by atoms with van der Waals surface area (Å²) in [4.78, 5) is 10.2. The van der Waals surface area contributed by atoms with Crippen LogP contribution in [0.5, 0.6) is 0 Å². The van der Waals surface area contributed by atoms with Crippen LogP contribution in [0.15, 0.2) is 0 Å². The highest BCUT2D eigenvalue weighted by Crippen LogP contribution is 1.95. The molecule has 0 aliphatic carbocycles. The summed E-state index contributed by atoms with van der Waals surface area (Å²) in [7, 11) is 0. The molecule has 18 heavy (non-hydrogen) atoms. The van der Waals surface area contributed by atoms with Crippen molar-refractivity contribution in [1.82, 2.24) is 0 Å². The van der Waals surface area contributed by atoms with Gasteiger partial charge in [-0.15, -0.1) is 0 Å². The number of hydrogen-bond acceptors (Lipinski definition) is 5. The minimum absolute atomic E-state index is 0.175. The maximum Gasteiger partial charge on any atom is 0.302 e. The number of carbonyl (C=O) groups excluding carboxylic acids is 1. The Balaban J connectivity index is 0. The number of esters is 1. The van der Waals surface area contributed by atoms with Crippen LogP contribution in [0, 0.1) is 0 Å². The lowest BCUT2D eigenvalue weighted by atomic mass is 10.3. The maximum atomic E-state index is 10.2. The number of ether oxygens (including phenoxy) is 3. The van der Waals surface area contributed by atoms with E-state index in [1.807, 2.05) is 6.92 Å². The average Bonchev–Trinajstić information content (AvgIpc) is 2.24. The van der Waals surface area contributed by atoms with Crippen molar-refractivity contribution in [1.29, 1.82) is 0 Å². The molecular weight excluding hydrogens is 236 g/mol. The minimum atomic E-state index is -0.744. The molecule has 0 amide bonds. The molecule has 0 bridgehead atoms. The quantitative estimate of drug-likeness (QED) is 0.414. The molecule has 0 saturated heterocycles. The van der Waals surface area contributed by atoms with Crippen molar-refractivity contribution < 1.29 is 24.1 Å². The van der Waals surface area contributed by atoms with Gasteiger partial charge in [0.25, 0.3) is 0 Å². The standard InChI is InChI=1S/C7H14O2.C6H14O3/c1-3-4-5-6-9-7(2)8;1-4-8-6(3)9-5(2)7/h3-6H2,1-2H3;5-7H,4H2,1-3H3. The van der Waals surface area contributed by atoms with Crippen LogP contribution in [0.3, 0.4) is 0 Å². The molecular formula is C13H28O5. The Morgan fingerprint density at radius 2 is 1.83 bits per heavy atom. The van der Waals surface area contributed by atoms with Gasteiger partial charge in [-0.2, -0.15) is 0 Å². The molecule has 0 aromatic rings. The second-order valence-corrected chi connectivity index (χ2v) is 3.81. The first kappa shape index (κ1) is 19.7. The van der Waals surface area contributed by atoms with Gasteiger partial charge in [0, 0.05) is 13.5 Å². The number of rotatable bonds is 8. The van der Waals surface area contributed by atoms with Crippen molar-refractivity contribution in [3.8, 4) is 0 Å². The summed E-state index contributed by atoms with van der Waals surface area (Å²) < 4.78 is 14.5. The van der Waals surface area contributed by atoms with Crippen molar-refractivity contribution in [2.45, 2.75) is 66.5 Å². The summed E-state index contributed by atoms with van der Waals surface area (Å²) in [5, 5.41) is 8.65. The largest absolute Gasteiger partial charge is 0.466 e. The first-order valence-electron chi connectivity index (χ1n) is 6.52. The molecule has 0 aliphatic heterocycles. The Hall–Kier alpha value is -0.650. The second-order valence-electron chi connectivity index (χ2n) is 3.81. The zero-order valence-electron chi connectivity index (χ0n) is 12.3. The minimum Gasteiger partial charge on any atom is -0.466 e. The molecule has 110 valence electrons. The third kappa shape index (κ3) is 20.7. The lowest BCUT2D eigenvalue weighted by Crippen LogP contribution is -2.19. The smallest absolute Gasteiger partial charge is 0.302 e. The Morgan fingerprint density at radius 1 is 1.22 bits per heavy atom. The zero-order valence-corrected chi connectivity index (χ0v) is 12.3. The van der Waals surface area contributed by atoms with Crippen LogP contribution >= 0.6 is 0 Å². The van der Waals surface area contributed by atoms with Gasteiger partial charge in [0.15, 0.2) is 12.6 Å². The van der Waals surface area contributed by atoms with E-state index in [1.54, 1.807) is 13.8 Å². The molecule has 0 saturated carbocycles. The average molecular weight is 264 g/mol.